The lowest BCUT2D eigenvalue weighted by molar-refractivity contribution is -0.157. The SMILES string of the molecule is CCOC(=O)C[C@@H](C(=O)OCC)[C@@H](NC(=O)[C@H](Cc1ccccc1)NC(=O)OCc1ccccc1)C(N)=O. The second-order valence-corrected chi connectivity index (χ2v) is 8.20. The van der Waals surface area contributed by atoms with E-state index in [0.29, 0.717) is 5.56 Å². The van der Waals surface area contributed by atoms with Crippen LogP contribution in [0.25, 0.3) is 0 Å². The zero-order chi connectivity index (χ0) is 27.9. The lowest BCUT2D eigenvalue weighted by Crippen LogP contribution is -2.57. The smallest absolute Gasteiger partial charge is 0.408 e. The summed E-state index contributed by atoms with van der Waals surface area (Å²) < 4.78 is 15.1. The molecule has 11 heteroatoms. The van der Waals surface area contributed by atoms with Gasteiger partial charge in [-0.2, -0.15) is 0 Å². The number of benzene rings is 2. The first-order chi connectivity index (χ1) is 18.2. The number of nitrogens with two attached hydrogens (primary N) is 1. The van der Waals surface area contributed by atoms with Gasteiger partial charge in [0.25, 0.3) is 0 Å². The molecule has 3 amide bonds. The van der Waals surface area contributed by atoms with Crippen LogP contribution < -0.4 is 16.4 Å². The lowest BCUT2D eigenvalue weighted by atomic mass is 9.94. The molecule has 0 heterocycles. The predicted molar refractivity (Wildman–Crippen MR) is 136 cm³/mol. The first-order valence-electron chi connectivity index (χ1n) is 12.2. The zero-order valence-corrected chi connectivity index (χ0v) is 21.4. The number of hydrogen-bond acceptors (Lipinski definition) is 8. The molecular weight excluding hydrogens is 494 g/mol. The number of esters is 2. The van der Waals surface area contributed by atoms with Gasteiger partial charge in [-0.3, -0.25) is 19.2 Å². The number of carbonyl (C=O) groups is 5. The van der Waals surface area contributed by atoms with Crippen LogP contribution in [-0.2, 0) is 46.4 Å². The van der Waals surface area contributed by atoms with Crippen molar-refractivity contribution < 1.29 is 38.2 Å². The molecule has 0 unspecified atom stereocenters. The van der Waals surface area contributed by atoms with Crippen molar-refractivity contribution in [1.82, 2.24) is 10.6 Å². The van der Waals surface area contributed by atoms with E-state index < -0.39 is 54.3 Å². The Kier molecular flexibility index (Phi) is 12.3. The molecule has 11 nitrogen and oxygen atoms in total. The topological polar surface area (TPSA) is 163 Å². The van der Waals surface area contributed by atoms with E-state index in [2.05, 4.69) is 10.6 Å². The Bertz CT molecular complexity index is 1080. The summed E-state index contributed by atoms with van der Waals surface area (Å²) in [5.41, 5.74) is 6.97. The van der Waals surface area contributed by atoms with Crippen LogP contribution in [0, 0.1) is 5.92 Å². The fourth-order valence-corrected chi connectivity index (χ4v) is 3.58. The van der Waals surface area contributed by atoms with E-state index >= 15 is 0 Å². The molecule has 0 aromatic heterocycles. The number of ether oxygens (including phenoxy) is 3. The molecule has 0 saturated heterocycles. The van der Waals surface area contributed by atoms with Crippen LogP contribution in [0.15, 0.2) is 60.7 Å². The van der Waals surface area contributed by atoms with E-state index in [-0.39, 0.29) is 26.2 Å². The molecule has 2 rings (SSSR count). The number of primary amides is 1. The molecule has 0 aliphatic heterocycles. The molecule has 3 atom stereocenters. The largest absolute Gasteiger partial charge is 0.466 e. The van der Waals surface area contributed by atoms with Gasteiger partial charge < -0.3 is 30.6 Å². The molecule has 0 spiro atoms. The van der Waals surface area contributed by atoms with E-state index in [4.69, 9.17) is 19.9 Å². The fourth-order valence-electron chi connectivity index (χ4n) is 3.58. The lowest BCUT2D eigenvalue weighted by Gasteiger charge is -2.26. The quantitative estimate of drug-likeness (QED) is 0.246. The molecule has 0 aliphatic carbocycles. The number of nitrogens with one attached hydrogen (secondary N) is 2. The number of alkyl carbamates (subject to hydrolysis) is 1. The maximum absolute atomic E-state index is 13.3. The molecule has 2 aromatic rings. The van der Waals surface area contributed by atoms with E-state index in [9.17, 15) is 24.0 Å². The fraction of sp³-hybridized carbons (Fsp3) is 0.370. The van der Waals surface area contributed by atoms with Crippen molar-refractivity contribution >= 4 is 29.8 Å². The Balaban J connectivity index is 2.23. The molecule has 38 heavy (non-hydrogen) atoms. The number of hydrogen-bond donors (Lipinski definition) is 3. The first-order valence-corrected chi connectivity index (χ1v) is 12.2. The van der Waals surface area contributed by atoms with Gasteiger partial charge in [0, 0.05) is 6.42 Å². The molecule has 0 saturated carbocycles. The van der Waals surface area contributed by atoms with Crippen LogP contribution in [0.3, 0.4) is 0 Å². The number of rotatable bonds is 14. The maximum atomic E-state index is 13.3. The molecule has 4 N–H and O–H groups in total. The average molecular weight is 528 g/mol. The van der Waals surface area contributed by atoms with Crippen molar-refractivity contribution in [2.45, 2.75) is 45.4 Å². The van der Waals surface area contributed by atoms with Crippen LogP contribution in [0.1, 0.15) is 31.4 Å². The molecule has 0 fully saturated rings. The molecule has 0 aliphatic rings. The Morgan fingerprint density at radius 1 is 0.789 bits per heavy atom. The van der Waals surface area contributed by atoms with Gasteiger partial charge in [0.1, 0.15) is 18.7 Å². The second-order valence-electron chi connectivity index (χ2n) is 8.20. The van der Waals surface area contributed by atoms with E-state index in [0.717, 1.165) is 5.56 Å². The molecule has 2 aromatic carbocycles. The van der Waals surface area contributed by atoms with Gasteiger partial charge in [-0.15, -0.1) is 0 Å². The van der Waals surface area contributed by atoms with Crippen molar-refractivity contribution in [2.75, 3.05) is 13.2 Å². The van der Waals surface area contributed by atoms with Crippen LogP contribution in [0.5, 0.6) is 0 Å². The van der Waals surface area contributed by atoms with Gasteiger partial charge in [0.05, 0.1) is 25.6 Å². The van der Waals surface area contributed by atoms with Crippen LogP contribution >= 0.6 is 0 Å². The normalized spacial score (nSPS) is 12.8. The van der Waals surface area contributed by atoms with Gasteiger partial charge in [0.2, 0.25) is 11.8 Å². The van der Waals surface area contributed by atoms with Gasteiger partial charge >= 0.3 is 18.0 Å². The van der Waals surface area contributed by atoms with Gasteiger partial charge in [-0.25, -0.2) is 4.79 Å². The summed E-state index contributed by atoms with van der Waals surface area (Å²) in [4.78, 5) is 62.9. The van der Waals surface area contributed by atoms with Crippen molar-refractivity contribution in [3.63, 3.8) is 0 Å². The molecule has 204 valence electrons. The number of amides is 3. The van der Waals surface area contributed by atoms with Crippen molar-refractivity contribution in [1.29, 1.82) is 0 Å². The average Bonchev–Trinajstić information content (AvgIpc) is 2.90. The maximum Gasteiger partial charge on any atom is 0.408 e. The minimum absolute atomic E-state index is 0.0248. The van der Waals surface area contributed by atoms with E-state index in [1.54, 1.807) is 68.4 Å². The van der Waals surface area contributed by atoms with Gasteiger partial charge in [-0.1, -0.05) is 60.7 Å². The molecule has 0 bridgehead atoms. The van der Waals surface area contributed by atoms with Crippen molar-refractivity contribution in [3.05, 3.63) is 71.8 Å². The Morgan fingerprint density at radius 2 is 1.37 bits per heavy atom. The molecular formula is C27H33N3O8. The molecule has 0 radical (unpaired) electrons. The summed E-state index contributed by atoms with van der Waals surface area (Å²) in [6.07, 6.45) is -1.37. The van der Waals surface area contributed by atoms with E-state index in [1.165, 1.54) is 0 Å². The minimum atomic E-state index is -1.61. The summed E-state index contributed by atoms with van der Waals surface area (Å²) in [5.74, 6) is -4.98. The highest BCUT2D eigenvalue weighted by Gasteiger charge is 2.38. The summed E-state index contributed by atoms with van der Waals surface area (Å²) in [6.45, 7) is 3.14. The Labute approximate surface area is 221 Å². The highest BCUT2D eigenvalue weighted by Crippen LogP contribution is 2.15. The zero-order valence-electron chi connectivity index (χ0n) is 21.4. The Hall–Kier alpha value is -4.41. The number of carbonyl (C=O) groups excluding carboxylic acids is 5. The summed E-state index contributed by atoms with van der Waals surface area (Å²) in [5, 5.41) is 4.91. The third-order valence-electron chi connectivity index (χ3n) is 5.39. The standard InChI is InChI=1S/C27H33N3O8/c1-3-36-22(31)16-20(26(34)37-4-2)23(24(28)32)30-25(33)21(15-18-11-7-5-8-12-18)29-27(35)38-17-19-13-9-6-10-14-19/h5-14,20-21,23H,3-4,15-17H2,1-2H3,(H2,28,32)(H,29,35)(H,30,33)/t20-,21+,23-/m1/s1. The summed E-state index contributed by atoms with van der Waals surface area (Å²) in [7, 11) is 0. The minimum Gasteiger partial charge on any atom is -0.466 e. The van der Waals surface area contributed by atoms with Crippen LogP contribution in [-0.4, -0.2) is 55.1 Å². The van der Waals surface area contributed by atoms with Gasteiger partial charge in [-0.05, 0) is 25.0 Å². The predicted octanol–water partition coefficient (Wildman–Crippen LogP) is 1.63. The van der Waals surface area contributed by atoms with Crippen molar-refractivity contribution in [3.8, 4) is 0 Å². The van der Waals surface area contributed by atoms with Crippen LogP contribution in [0.2, 0.25) is 0 Å². The van der Waals surface area contributed by atoms with Crippen molar-refractivity contribution in [2.24, 2.45) is 11.7 Å². The second kappa shape index (κ2) is 15.6. The Morgan fingerprint density at radius 3 is 1.92 bits per heavy atom. The highest BCUT2D eigenvalue weighted by molar-refractivity contribution is 5.95. The van der Waals surface area contributed by atoms with Crippen LogP contribution in [0.4, 0.5) is 4.79 Å². The monoisotopic (exact) mass is 527 g/mol. The third kappa shape index (κ3) is 9.92. The third-order valence-corrected chi connectivity index (χ3v) is 5.39. The van der Waals surface area contributed by atoms with Gasteiger partial charge in [0.15, 0.2) is 0 Å². The summed E-state index contributed by atoms with van der Waals surface area (Å²) in [6, 6.07) is 15.0. The first kappa shape index (κ1) is 29.8. The highest BCUT2D eigenvalue weighted by atomic mass is 16.6. The van der Waals surface area contributed by atoms with E-state index in [1.807, 2.05) is 6.07 Å². The summed E-state index contributed by atoms with van der Waals surface area (Å²) >= 11 is 0.